The average molecular weight is 419 g/mol. The van der Waals surface area contributed by atoms with Crippen LogP contribution in [0.2, 0.25) is 0 Å². The molecule has 0 bridgehead atoms. The third-order valence-corrected chi connectivity index (χ3v) is 5.52. The van der Waals surface area contributed by atoms with Gasteiger partial charge in [-0.05, 0) is 93.0 Å². The standard InChI is InChI=1S/C23H22N4O2S/c1-14-13-15(2)25-23(24-14)30-20-11-9-19(10-12-20)27-22(29)17-5-7-18(8-6-17)26-21(28)16-3-4-16/h5-13,16H,3-4H2,1-2H3,(H,26,28)(H,27,29). The van der Waals surface area contributed by atoms with Gasteiger partial charge in [0.1, 0.15) is 0 Å². The van der Waals surface area contributed by atoms with Gasteiger partial charge in [0.05, 0.1) is 0 Å². The van der Waals surface area contributed by atoms with Crippen molar-refractivity contribution in [2.24, 2.45) is 5.92 Å². The number of benzene rings is 2. The lowest BCUT2D eigenvalue weighted by Gasteiger charge is -2.08. The van der Waals surface area contributed by atoms with Crippen LogP contribution in [-0.4, -0.2) is 21.8 Å². The smallest absolute Gasteiger partial charge is 0.255 e. The van der Waals surface area contributed by atoms with Crippen LogP contribution in [0.15, 0.2) is 64.6 Å². The van der Waals surface area contributed by atoms with Crippen LogP contribution in [0.1, 0.15) is 34.6 Å². The maximum Gasteiger partial charge on any atom is 0.255 e. The molecule has 30 heavy (non-hydrogen) atoms. The van der Waals surface area contributed by atoms with Crippen molar-refractivity contribution in [2.75, 3.05) is 10.6 Å². The Morgan fingerprint density at radius 1 is 0.867 bits per heavy atom. The number of rotatable bonds is 6. The summed E-state index contributed by atoms with van der Waals surface area (Å²) in [5.41, 5.74) is 3.82. The Labute approximate surface area is 179 Å². The van der Waals surface area contributed by atoms with Crippen LogP contribution in [-0.2, 0) is 4.79 Å². The van der Waals surface area contributed by atoms with Gasteiger partial charge in [-0.2, -0.15) is 0 Å². The highest BCUT2D eigenvalue weighted by Crippen LogP contribution is 2.30. The molecule has 6 nitrogen and oxygen atoms in total. The summed E-state index contributed by atoms with van der Waals surface area (Å²) >= 11 is 1.48. The molecule has 3 aromatic rings. The molecule has 4 rings (SSSR count). The molecular formula is C23H22N4O2S. The maximum atomic E-state index is 12.5. The first-order chi connectivity index (χ1) is 14.5. The van der Waals surface area contributed by atoms with Crippen molar-refractivity contribution in [3.05, 3.63) is 71.5 Å². The normalized spacial score (nSPS) is 13.0. The van der Waals surface area contributed by atoms with E-state index in [-0.39, 0.29) is 17.7 Å². The van der Waals surface area contributed by atoms with Crippen LogP contribution < -0.4 is 10.6 Å². The molecule has 1 fully saturated rings. The highest BCUT2D eigenvalue weighted by molar-refractivity contribution is 7.99. The van der Waals surface area contributed by atoms with Crippen LogP contribution in [0, 0.1) is 19.8 Å². The number of hydrogen-bond acceptors (Lipinski definition) is 5. The largest absolute Gasteiger partial charge is 0.326 e. The first-order valence-corrected chi connectivity index (χ1v) is 10.6. The number of hydrogen-bond donors (Lipinski definition) is 2. The van der Waals surface area contributed by atoms with Crippen LogP contribution in [0.5, 0.6) is 0 Å². The molecule has 1 aliphatic rings. The van der Waals surface area contributed by atoms with E-state index in [1.54, 1.807) is 24.3 Å². The summed E-state index contributed by atoms with van der Waals surface area (Å²) in [6, 6.07) is 16.4. The number of amides is 2. The molecule has 1 saturated carbocycles. The Morgan fingerprint density at radius 3 is 2.03 bits per heavy atom. The first-order valence-electron chi connectivity index (χ1n) is 9.79. The second-order valence-electron chi connectivity index (χ2n) is 7.35. The number of aryl methyl sites for hydroxylation is 2. The summed E-state index contributed by atoms with van der Waals surface area (Å²) in [6.45, 7) is 3.90. The van der Waals surface area contributed by atoms with Crippen LogP contribution in [0.25, 0.3) is 0 Å². The predicted molar refractivity (Wildman–Crippen MR) is 118 cm³/mol. The van der Waals surface area contributed by atoms with Crippen molar-refractivity contribution in [2.45, 2.75) is 36.7 Å². The third-order valence-electron chi connectivity index (χ3n) is 4.65. The number of aromatic nitrogens is 2. The van der Waals surface area contributed by atoms with Crippen molar-refractivity contribution in [3.63, 3.8) is 0 Å². The zero-order valence-corrected chi connectivity index (χ0v) is 17.6. The quantitative estimate of drug-likeness (QED) is 0.559. The molecule has 2 amide bonds. The zero-order valence-electron chi connectivity index (χ0n) is 16.8. The lowest BCUT2D eigenvalue weighted by molar-refractivity contribution is -0.117. The zero-order chi connectivity index (χ0) is 21.1. The van der Waals surface area contributed by atoms with E-state index in [0.29, 0.717) is 22.1 Å². The second kappa shape index (κ2) is 8.67. The first kappa shape index (κ1) is 20.1. The number of carbonyl (C=O) groups is 2. The van der Waals surface area contributed by atoms with E-state index in [0.717, 1.165) is 29.1 Å². The molecule has 7 heteroatoms. The van der Waals surface area contributed by atoms with Gasteiger partial charge in [-0.3, -0.25) is 9.59 Å². The van der Waals surface area contributed by atoms with Gasteiger partial charge < -0.3 is 10.6 Å². The fourth-order valence-electron chi connectivity index (χ4n) is 2.95. The molecular weight excluding hydrogens is 396 g/mol. The summed E-state index contributed by atoms with van der Waals surface area (Å²) in [7, 11) is 0. The maximum absolute atomic E-state index is 12.5. The van der Waals surface area contributed by atoms with E-state index in [2.05, 4.69) is 20.6 Å². The molecule has 0 aliphatic heterocycles. The van der Waals surface area contributed by atoms with Gasteiger partial charge in [0.25, 0.3) is 5.91 Å². The topological polar surface area (TPSA) is 84.0 Å². The highest BCUT2D eigenvalue weighted by atomic mass is 32.2. The molecule has 1 heterocycles. The minimum absolute atomic E-state index is 0.0522. The van der Waals surface area contributed by atoms with E-state index in [9.17, 15) is 9.59 Å². The Hall–Kier alpha value is -3.19. The molecule has 0 saturated heterocycles. The van der Waals surface area contributed by atoms with E-state index < -0.39 is 0 Å². The molecule has 2 N–H and O–H groups in total. The lowest BCUT2D eigenvalue weighted by atomic mass is 10.2. The number of nitrogens with one attached hydrogen (secondary N) is 2. The average Bonchev–Trinajstić information content (AvgIpc) is 3.55. The van der Waals surface area contributed by atoms with Gasteiger partial charge >= 0.3 is 0 Å². The van der Waals surface area contributed by atoms with Gasteiger partial charge in [0.2, 0.25) is 5.91 Å². The molecule has 2 aromatic carbocycles. The van der Waals surface area contributed by atoms with Crippen LogP contribution in [0.4, 0.5) is 11.4 Å². The van der Waals surface area contributed by atoms with Crippen molar-refractivity contribution in [1.29, 1.82) is 0 Å². The van der Waals surface area contributed by atoms with Gasteiger partial charge in [-0.15, -0.1) is 0 Å². The number of nitrogens with zero attached hydrogens (tertiary/aromatic N) is 2. The van der Waals surface area contributed by atoms with Gasteiger partial charge in [0, 0.05) is 39.1 Å². The van der Waals surface area contributed by atoms with E-state index in [1.807, 2.05) is 44.2 Å². The van der Waals surface area contributed by atoms with Crippen molar-refractivity contribution >= 4 is 35.0 Å². The van der Waals surface area contributed by atoms with Gasteiger partial charge in [-0.25, -0.2) is 9.97 Å². The monoisotopic (exact) mass is 418 g/mol. The summed E-state index contributed by atoms with van der Waals surface area (Å²) in [5, 5.41) is 6.47. The molecule has 152 valence electrons. The van der Waals surface area contributed by atoms with E-state index in [1.165, 1.54) is 11.8 Å². The fraction of sp³-hybridized carbons (Fsp3) is 0.217. The van der Waals surface area contributed by atoms with E-state index >= 15 is 0 Å². The number of anilines is 2. The van der Waals surface area contributed by atoms with Crippen molar-refractivity contribution in [3.8, 4) is 0 Å². The van der Waals surface area contributed by atoms with Crippen molar-refractivity contribution in [1.82, 2.24) is 9.97 Å². The van der Waals surface area contributed by atoms with Crippen LogP contribution >= 0.6 is 11.8 Å². The minimum atomic E-state index is -0.201. The number of carbonyl (C=O) groups excluding carboxylic acids is 2. The molecule has 0 atom stereocenters. The Bertz CT molecular complexity index is 1060. The Balaban J connectivity index is 1.35. The van der Waals surface area contributed by atoms with Gasteiger partial charge in [0.15, 0.2) is 5.16 Å². The SMILES string of the molecule is Cc1cc(C)nc(Sc2ccc(NC(=O)c3ccc(NC(=O)C4CC4)cc3)cc2)n1. The predicted octanol–water partition coefficient (Wildman–Crippen LogP) is 4.85. The summed E-state index contributed by atoms with van der Waals surface area (Å²) in [4.78, 5) is 34.2. The minimum Gasteiger partial charge on any atom is -0.326 e. The fourth-order valence-corrected chi connectivity index (χ4v) is 3.81. The molecule has 1 aromatic heterocycles. The second-order valence-corrected chi connectivity index (χ2v) is 8.40. The lowest BCUT2D eigenvalue weighted by Crippen LogP contribution is -2.14. The van der Waals surface area contributed by atoms with E-state index in [4.69, 9.17) is 0 Å². The third kappa shape index (κ3) is 5.24. The van der Waals surface area contributed by atoms with Crippen molar-refractivity contribution < 1.29 is 9.59 Å². The van der Waals surface area contributed by atoms with Gasteiger partial charge in [-0.1, -0.05) is 0 Å². The summed E-state index contributed by atoms with van der Waals surface area (Å²) in [6.07, 6.45) is 1.92. The molecule has 0 unspecified atom stereocenters. The Kier molecular flexibility index (Phi) is 5.81. The molecule has 0 spiro atoms. The highest BCUT2D eigenvalue weighted by Gasteiger charge is 2.29. The summed E-state index contributed by atoms with van der Waals surface area (Å²) in [5.74, 6) is 0.000102. The Morgan fingerprint density at radius 2 is 1.43 bits per heavy atom. The van der Waals surface area contributed by atoms with Crippen LogP contribution in [0.3, 0.4) is 0 Å². The molecule has 1 aliphatic carbocycles. The summed E-state index contributed by atoms with van der Waals surface area (Å²) < 4.78 is 0. The molecule has 0 radical (unpaired) electrons.